The molecule has 0 atom stereocenters. The molecule has 0 aliphatic carbocycles. The molecular formula is C60H51N3. The molecule has 0 aliphatic rings. The van der Waals surface area contributed by atoms with Crippen LogP contribution in [0.2, 0.25) is 0 Å². The first-order chi connectivity index (χ1) is 30.5. The van der Waals surface area contributed by atoms with Crippen LogP contribution in [0.5, 0.6) is 0 Å². The van der Waals surface area contributed by atoms with E-state index < -0.39 is 0 Å². The van der Waals surface area contributed by atoms with Crippen LogP contribution in [0.4, 0.5) is 0 Å². The van der Waals surface area contributed by atoms with Crippen LogP contribution in [0.15, 0.2) is 194 Å². The molecule has 3 aromatic heterocycles. The zero-order valence-corrected chi connectivity index (χ0v) is 36.9. The van der Waals surface area contributed by atoms with Crippen LogP contribution < -0.4 is 0 Å². The molecule has 1 N–H and O–H groups in total. The smallest absolute Gasteiger partial charge is 0.0736 e. The molecule has 0 unspecified atom stereocenters. The van der Waals surface area contributed by atoms with Gasteiger partial charge < -0.3 is 4.98 Å². The summed E-state index contributed by atoms with van der Waals surface area (Å²) < 4.78 is 0. The van der Waals surface area contributed by atoms with E-state index in [1.165, 1.54) is 44.2 Å². The summed E-state index contributed by atoms with van der Waals surface area (Å²) in [6.45, 7) is 13.8. The highest BCUT2D eigenvalue weighted by Gasteiger charge is 2.24. The van der Waals surface area contributed by atoms with E-state index in [1.54, 1.807) is 0 Å². The zero-order valence-electron chi connectivity index (χ0n) is 36.9. The summed E-state index contributed by atoms with van der Waals surface area (Å²) in [5, 5.41) is 2.38. The molecule has 3 heterocycles. The Morgan fingerprint density at radius 1 is 0.333 bits per heavy atom. The van der Waals surface area contributed by atoms with Crippen molar-refractivity contribution in [3.05, 3.63) is 205 Å². The molecule has 0 spiro atoms. The Balaban J connectivity index is 1.17. The lowest BCUT2D eigenvalue weighted by atomic mass is 9.83. The van der Waals surface area contributed by atoms with Gasteiger partial charge in [0.2, 0.25) is 0 Å². The van der Waals surface area contributed by atoms with Crippen LogP contribution in [0, 0.1) is 0 Å². The maximum atomic E-state index is 5.48. The van der Waals surface area contributed by atoms with Crippen molar-refractivity contribution in [1.82, 2.24) is 15.0 Å². The van der Waals surface area contributed by atoms with E-state index in [2.05, 4.69) is 235 Å². The van der Waals surface area contributed by atoms with E-state index in [0.717, 1.165) is 67.1 Å². The summed E-state index contributed by atoms with van der Waals surface area (Å²) in [6.07, 6.45) is 1.95. The topological polar surface area (TPSA) is 41.6 Å². The predicted octanol–water partition coefficient (Wildman–Crippen LogP) is 16.4. The molecule has 3 nitrogen and oxygen atoms in total. The van der Waals surface area contributed by atoms with Gasteiger partial charge in [0.05, 0.1) is 28.1 Å². The van der Waals surface area contributed by atoms with Crippen molar-refractivity contribution in [2.75, 3.05) is 0 Å². The fourth-order valence-corrected chi connectivity index (χ4v) is 8.69. The molecule has 0 radical (unpaired) electrons. The fraction of sp³-hybridized carbons (Fsp3) is 0.133. The highest BCUT2D eigenvalue weighted by molar-refractivity contribution is 6.16. The van der Waals surface area contributed by atoms with E-state index in [-0.39, 0.29) is 10.8 Å². The molecule has 63 heavy (non-hydrogen) atoms. The van der Waals surface area contributed by atoms with Crippen molar-refractivity contribution < 1.29 is 0 Å². The average molecular weight is 814 g/mol. The van der Waals surface area contributed by atoms with Gasteiger partial charge in [-0.25, -0.2) is 4.98 Å². The minimum atomic E-state index is -0.115. The van der Waals surface area contributed by atoms with Crippen molar-refractivity contribution >= 4 is 21.8 Å². The van der Waals surface area contributed by atoms with Gasteiger partial charge >= 0.3 is 0 Å². The quantitative estimate of drug-likeness (QED) is 0.174. The van der Waals surface area contributed by atoms with E-state index in [1.807, 2.05) is 6.20 Å². The largest absolute Gasteiger partial charge is 0.353 e. The Hall–Kier alpha value is -7.36. The Bertz CT molecular complexity index is 3240. The minimum Gasteiger partial charge on any atom is -0.353 e. The van der Waals surface area contributed by atoms with Crippen molar-refractivity contribution in [1.29, 1.82) is 0 Å². The number of aromatic nitrogens is 3. The SMILES string of the molecule is CC(C)(C)c1cc(-c2cc(-c3ccc(-c4ccccc4)cc3)ccn2)c2[nH]c3c(-c4cc(-c5ccc(-c6ccccc6)cc5)cc(-c5ccccc5)n4)cc(C(C)(C)C)cc3c2c1. The Kier molecular flexibility index (Phi) is 9.99. The van der Waals surface area contributed by atoms with Gasteiger partial charge in [-0.3, -0.25) is 4.98 Å². The number of hydrogen-bond acceptors (Lipinski definition) is 2. The molecule has 7 aromatic carbocycles. The van der Waals surface area contributed by atoms with Gasteiger partial charge in [0.1, 0.15) is 0 Å². The van der Waals surface area contributed by atoms with E-state index in [9.17, 15) is 0 Å². The van der Waals surface area contributed by atoms with Gasteiger partial charge in [-0.15, -0.1) is 0 Å². The van der Waals surface area contributed by atoms with Gasteiger partial charge in [0.15, 0.2) is 0 Å². The molecule has 0 bridgehead atoms. The van der Waals surface area contributed by atoms with Crippen molar-refractivity contribution in [2.45, 2.75) is 52.4 Å². The van der Waals surface area contributed by atoms with E-state index in [0.29, 0.717) is 0 Å². The molecule has 0 saturated carbocycles. The standard InChI is InChI=1S/C60H51N3/c1-59(2,3)48-35-50-51-36-49(60(4,5)6)38-53(56-34-47(33-54(62-56)45-20-14-9-15-21-45)44-28-24-42(25-29-44)40-18-12-8-13-19-40)58(51)63-57(50)52(37-48)55-32-46(30-31-61-55)43-26-22-41(23-27-43)39-16-10-7-11-17-39/h7-38,63H,1-6H3. The Morgan fingerprint density at radius 3 is 1.19 bits per heavy atom. The number of fused-ring (bicyclic) bond motifs is 3. The number of nitrogens with zero attached hydrogens (tertiary/aromatic N) is 2. The lowest BCUT2D eigenvalue weighted by Gasteiger charge is -2.22. The van der Waals surface area contributed by atoms with Crippen LogP contribution in [-0.2, 0) is 10.8 Å². The predicted molar refractivity (Wildman–Crippen MR) is 267 cm³/mol. The zero-order chi connectivity index (χ0) is 43.3. The highest BCUT2D eigenvalue weighted by atomic mass is 14.8. The summed E-state index contributed by atoms with van der Waals surface area (Å²) >= 11 is 0. The Labute approximate surface area is 371 Å². The summed E-state index contributed by atoms with van der Waals surface area (Å²) in [4.78, 5) is 14.6. The van der Waals surface area contributed by atoms with Crippen LogP contribution in [0.25, 0.3) is 100 Å². The first kappa shape index (κ1) is 39.8. The van der Waals surface area contributed by atoms with Gasteiger partial charge in [0.25, 0.3) is 0 Å². The van der Waals surface area contributed by atoms with Gasteiger partial charge in [-0.1, -0.05) is 181 Å². The van der Waals surface area contributed by atoms with Crippen LogP contribution in [0.1, 0.15) is 52.7 Å². The molecule has 3 heteroatoms. The number of benzene rings is 7. The molecule has 10 aromatic rings. The number of hydrogen-bond donors (Lipinski definition) is 1. The second-order valence-corrected chi connectivity index (χ2v) is 18.8. The molecular weight excluding hydrogens is 763 g/mol. The number of H-pyrrole nitrogens is 1. The lowest BCUT2D eigenvalue weighted by molar-refractivity contribution is 0.590. The van der Waals surface area contributed by atoms with E-state index in [4.69, 9.17) is 9.97 Å². The number of nitrogens with one attached hydrogen (secondary N) is 1. The molecule has 0 aliphatic heterocycles. The second kappa shape index (κ2) is 15.8. The third-order valence-electron chi connectivity index (χ3n) is 12.4. The minimum absolute atomic E-state index is 0.0988. The fourth-order valence-electron chi connectivity index (χ4n) is 8.69. The molecule has 10 rings (SSSR count). The Morgan fingerprint density at radius 2 is 0.714 bits per heavy atom. The van der Waals surface area contributed by atoms with Crippen LogP contribution in [-0.4, -0.2) is 15.0 Å². The first-order valence-corrected chi connectivity index (χ1v) is 22.0. The summed E-state index contributed by atoms with van der Waals surface area (Å²) in [6, 6.07) is 67.8. The van der Waals surface area contributed by atoms with Gasteiger partial charge in [-0.2, -0.15) is 0 Å². The number of rotatable bonds is 7. The molecule has 0 fully saturated rings. The van der Waals surface area contributed by atoms with Crippen molar-refractivity contribution in [2.24, 2.45) is 0 Å². The maximum absolute atomic E-state index is 5.48. The van der Waals surface area contributed by atoms with Crippen molar-refractivity contribution in [3.8, 4) is 78.3 Å². The number of aromatic amines is 1. The molecule has 0 saturated heterocycles. The third kappa shape index (κ3) is 7.88. The van der Waals surface area contributed by atoms with Gasteiger partial charge in [-0.05, 0) is 115 Å². The highest BCUT2D eigenvalue weighted by Crippen LogP contribution is 2.43. The molecule has 306 valence electrons. The van der Waals surface area contributed by atoms with Gasteiger partial charge in [0, 0.05) is 33.7 Å². The van der Waals surface area contributed by atoms with E-state index >= 15 is 0 Å². The van der Waals surface area contributed by atoms with Crippen molar-refractivity contribution in [3.63, 3.8) is 0 Å². The van der Waals surface area contributed by atoms with Crippen LogP contribution >= 0.6 is 0 Å². The third-order valence-corrected chi connectivity index (χ3v) is 12.4. The second-order valence-electron chi connectivity index (χ2n) is 18.8. The number of pyridine rings is 2. The monoisotopic (exact) mass is 813 g/mol. The lowest BCUT2D eigenvalue weighted by Crippen LogP contribution is -2.11. The average Bonchev–Trinajstić information content (AvgIpc) is 3.70. The normalized spacial score (nSPS) is 12.0. The maximum Gasteiger partial charge on any atom is 0.0736 e. The molecule has 0 amide bonds. The van der Waals surface area contributed by atoms with Crippen LogP contribution in [0.3, 0.4) is 0 Å². The summed E-state index contributed by atoms with van der Waals surface area (Å²) in [5.41, 5.74) is 19.9. The first-order valence-electron chi connectivity index (χ1n) is 22.0. The summed E-state index contributed by atoms with van der Waals surface area (Å²) in [5.74, 6) is 0. The summed E-state index contributed by atoms with van der Waals surface area (Å²) in [7, 11) is 0.